The van der Waals surface area contributed by atoms with Gasteiger partial charge in [0, 0.05) is 6.08 Å². The summed E-state index contributed by atoms with van der Waals surface area (Å²) in [6.45, 7) is 0.566. The Balaban J connectivity index is 1.60. The number of hydrogen-bond donors (Lipinski definition) is 0. The predicted octanol–water partition coefficient (Wildman–Crippen LogP) is 4.32. The van der Waals surface area contributed by atoms with Crippen molar-refractivity contribution < 1.29 is 9.53 Å². The van der Waals surface area contributed by atoms with Crippen LogP contribution in [0.4, 0.5) is 0 Å². The molecule has 1 saturated carbocycles. The van der Waals surface area contributed by atoms with E-state index in [2.05, 4.69) is 24.3 Å². The van der Waals surface area contributed by atoms with Gasteiger partial charge in [-0.05, 0) is 41.5 Å². The smallest absolute Gasteiger partial charge is 0.330 e. The van der Waals surface area contributed by atoms with Crippen molar-refractivity contribution in [1.29, 1.82) is 0 Å². The standard InChI is InChI=1S/C19H18O2/c20-19(21-14-16-6-7-16)13-10-15-8-11-18(12-9-15)17-4-2-1-3-5-17/h1-5,8-13,16H,6-7,14H2. The second-order valence-corrected chi connectivity index (χ2v) is 5.39. The molecule has 1 aliphatic carbocycles. The summed E-state index contributed by atoms with van der Waals surface area (Å²) in [6.07, 6.45) is 5.68. The monoisotopic (exact) mass is 278 g/mol. The summed E-state index contributed by atoms with van der Waals surface area (Å²) in [5.41, 5.74) is 3.36. The molecule has 2 aromatic rings. The fourth-order valence-electron chi connectivity index (χ4n) is 2.11. The van der Waals surface area contributed by atoms with Crippen LogP contribution in [-0.4, -0.2) is 12.6 Å². The highest BCUT2D eigenvalue weighted by molar-refractivity contribution is 5.87. The second-order valence-electron chi connectivity index (χ2n) is 5.39. The van der Waals surface area contributed by atoms with Gasteiger partial charge >= 0.3 is 5.97 Å². The number of hydrogen-bond acceptors (Lipinski definition) is 2. The first kappa shape index (κ1) is 13.6. The van der Waals surface area contributed by atoms with Crippen LogP contribution in [-0.2, 0) is 9.53 Å². The Kier molecular flexibility index (Phi) is 4.15. The molecule has 2 nitrogen and oxygen atoms in total. The molecule has 0 N–H and O–H groups in total. The quantitative estimate of drug-likeness (QED) is 0.601. The normalized spacial score (nSPS) is 14.3. The summed E-state index contributed by atoms with van der Waals surface area (Å²) < 4.78 is 5.15. The number of carbonyl (C=O) groups is 1. The molecule has 0 amide bonds. The Labute approximate surface area is 125 Å². The van der Waals surface area contributed by atoms with E-state index in [9.17, 15) is 4.79 Å². The Bertz CT molecular complexity index is 622. The first-order chi connectivity index (χ1) is 10.3. The topological polar surface area (TPSA) is 26.3 Å². The molecule has 0 unspecified atom stereocenters. The zero-order valence-corrected chi connectivity index (χ0v) is 11.9. The molecule has 0 bridgehead atoms. The van der Waals surface area contributed by atoms with E-state index in [1.165, 1.54) is 30.0 Å². The number of benzene rings is 2. The van der Waals surface area contributed by atoms with Crippen molar-refractivity contribution >= 4 is 12.0 Å². The van der Waals surface area contributed by atoms with E-state index in [1.54, 1.807) is 6.08 Å². The van der Waals surface area contributed by atoms with Crippen LogP contribution in [0.15, 0.2) is 60.7 Å². The number of carbonyl (C=O) groups excluding carboxylic acids is 1. The van der Waals surface area contributed by atoms with E-state index in [1.807, 2.05) is 30.3 Å². The van der Waals surface area contributed by atoms with Crippen LogP contribution in [0.1, 0.15) is 18.4 Å². The maximum absolute atomic E-state index is 11.5. The Morgan fingerprint density at radius 2 is 1.67 bits per heavy atom. The van der Waals surface area contributed by atoms with E-state index in [4.69, 9.17) is 4.74 Å². The summed E-state index contributed by atoms with van der Waals surface area (Å²) in [5.74, 6) is 0.349. The summed E-state index contributed by atoms with van der Waals surface area (Å²) in [5, 5.41) is 0. The second kappa shape index (κ2) is 6.40. The van der Waals surface area contributed by atoms with E-state index < -0.39 is 0 Å². The summed E-state index contributed by atoms with van der Waals surface area (Å²) >= 11 is 0. The van der Waals surface area contributed by atoms with Crippen molar-refractivity contribution in [2.75, 3.05) is 6.61 Å². The third-order valence-corrected chi connectivity index (χ3v) is 3.59. The summed E-state index contributed by atoms with van der Waals surface area (Å²) in [7, 11) is 0. The fraction of sp³-hybridized carbons (Fsp3) is 0.211. The van der Waals surface area contributed by atoms with Gasteiger partial charge in [0.05, 0.1) is 6.61 Å². The molecule has 0 saturated heterocycles. The SMILES string of the molecule is O=C(C=Cc1ccc(-c2ccccc2)cc1)OCC1CC1. The van der Waals surface area contributed by atoms with Gasteiger partial charge in [-0.2, -0.15) is 0 Å². The highest BCUT2D eigenvalue weighted by atomic mass is 16.5. The van der Waals surface area contributed by atoms with Crippen LogP contribution in [0.3, 0.4) is 0 Å². The van der Waals surface area contributed by atoms with Crippen molar-refractivity contribution in [2.24, 2.45) is 5.92 Å². The van der Waals surface area contributed by atoms with Crippen molar-refractivity contribution in [1.82, 2.24) is 0 Å². The van der Waals surface area contributed by atoms with Crippen molar-refractivity contribution in [2.45, 2.75) is 12.8 Å². The average molecular weight is 278 g/mol. The zero-order valence-electron chi connectivity index (χ0n) is 11.9. The van der Waals surface area contributed by atoms with Gasteiger partial charge in [-0.15, -0.1) is 0 Å². The highest BCUT2D eigenvalue weighted by Gasteiger charge is 2.22. The minimum absolute atomic E-state index is 0.256. The number of rotatable bonds is 5. The lowest BCUT2D eigenvalue weighted by Crippen LogP contribution is -2.03. The van der Waals surface area contributed by atoms with E-state index in [0.29, 0.717) is 12.5 Å². The molecule has 0 aliphatic heterocycles. The molecule has 0 radical (unpaired) electrons. The molecule has 0 heterocycles. The van der Waals surface area contributed by atoms with Gasteiger partial charge < -0.3 is 4.74 Å². The van der Waals surface area contributed by atoms with Gasteiger partial charge in [-0.3, -0.25) is 0 Å². The van der Waals surface area contributed by atoms with Crippen LogP contribution < -0.4 is 0 Å². The molecule has 1 fully saturated rings. The first-order valence-electron chi connectivity index (χ1n) is 7.31. The molecular formula is C19H18O2. The lowest BCUT2D eigenvalue weighted by Gasteiger charge is -2.02. The van der Waals surface area contributed by atoms with Gasteiger partial charge in [-0.1, -0.05) is 54.6 Å². The van der Waals surface area contributed by atoms with Gasteiger partial charge in [0.25, 0.3) is 0 Å². The third kappa shape index (κ3) is 4.06. The van der Waals surface area contributed by atoms with Crippen LogP contribution >= 0.6 is 0 Å². The molecule has 2 aromatic carbocycles. The third-order valence-electron chi connectivity index (χ3n) is 3.59. The molecule has 3 rings (SSSR count). The molecule has 21 heavy (non-hydrogen) atoms. The van der Waals surface area contributed by atoms with Crippen molar-refractivity contribution in [3.8, 4) is 11.1 Å². The summed E-state index contributed by atoms with van der Waals surface area (Å²) in [4.78, 5) is 11.5. The largest absolute Gasteiger partial charge is 0.462 e. The molecule has 0 spiro atoms. The molecule has 106 valence electrons. The van der Waals surface area contributed by atoms with E-state index in [-0.39, 0.29) is 5.97 Å². The van der Waals surface area contributed by atoms with E-state index in [0.717, 1.165) is 5.56 Å². The van der Waals surface area contributed by atoms with Gasteiger partial charge in [0.2, 0.25) is 0 Å². The predicted molar refractivity (Wildman–Crippen MR) is 84.6 cm³/mol. The molecule has 1 aliphatic rings. The Morgan fingerprint density at radius 1 is 1.00 bits per heavy atom. The lowest BCUT2D eigenvalue weighted by atomic mass is 10.0. The first-order valence-corrected chi connectivity index (χ1v) is 7.31. The van der Waals surface area contributed by atoms with Gasteiger partial charge in [0.15, 0.2) is 0 Å². The minimum Gasteiger partial charge on any atom is -0.462 e. The van der Waals surface area contributed by atoms with Crippen LogP contribution in [0.25, 0.3) is 17.2 Å². The van der Waals surface area contributed by atoms with Gasteiger partial charge in [-0.25, -0.2) is 4.79 Å². The number of esters is 1. The molecule has 0 aromatic heterocycles. The average Bonchev–Trinajstić information content (AvgIpc) is 3.37. The Morgan fingerprint density at radius 3 is 2.33 bits per heavy atom. The Hall–Kier alpha value is -2.35. The van der Waals surface area contributed by atoms with Gasteiger partial charge in [0.1, 0.15) is 0 Å². The molecular weight excluding hydrogens is 260 g/mol. The van der Waals surface area contributed by atoms with Crippen LogP contribution in [0.5, 0.6) is 0 Å². The van der Waals surface area contributed by atoms with Crippen LogP contribution in [0.2, 0.25) is 0 Å². The van der Waals surface area contributed by atoms with Crippen molar-refractivity contribution in [3.05, 3.63) is 66.2 Å². The zero-order chi connectivity index (χ0) is 14.5. The highest BCUT2D eigenvalue weighted by Crippen LogP contribution is 2.28. The van der Waals surface area contributed by atoms with E-state index >= 15 is 0 Å². The maximum atomic E-state index is 11.5. The van der Waals surface area contributed by atoms with Crippen LogP contribution in [0, 0.1) is 5.92 Å². The maximum Gasteiger partial charge on any atom is 0.330 e. The lowest BCUT2D eigenvalue weighted by molar-refractivity contribution is -0.138. The number of ether oxygens (including phenoxy) is 1. The fourth-order valence-corrected chi connectivity index (χ4v) is 2.11. The molecule has 0 atom stereocenters. The molecule has 2 heteroatoms. The minimum atomic E-state index is -0.256. The summed E-state index contributed by atoms with van der Waals surface area (Å²) in [6, 6.07) is 18.4. The van der Waals surface area contributed by atoms with Crippen molar-refractivity contribution in [3.63, 3.8) is 0 Å².